The molecule has 6 nitrogen and oxygen atoms in total. The first kappa shape index (κ1) is 27.6. The summed E-state index contributed by atoms with van der Waals surface area (Å²) in [7, 11) is 0. The summed E-state index contributed by atoms with van der Waals surface area (Å²) in [5, 5.41) is 0. The molecule has 0 atom stereocenters. The van der Waals surface area contributed by atoms with Crippen molar-refractivity contribution >= 4 is 0 Å². The molecule has 0 aromatic rings. The van der Waals surface area contributed by atoms with Crippen LogP contribution in [0.3, 0.4) is 0 Å². The monoisotopic (exact) mass is 438 g/mol. The van der Waals surface area contributed by atoms with Crippen molar-refractivity contribution in [2.45, 2.75) is 148 Å². The maximum atomic E-state index is 11.7. The van der Waals surface area contributed by atoms with Gasteiger partial charge in [0, 0.05) is 138 Å². The molecule has 0 N–H and O–H groups in total. The van der Waals surface area contributed by atoms with Gasteiger partial charge in [0.1, 0.15) is 0 Å². The van der Waals surface area contributed by atoms with Crippen LogP contribution in [-0.4, -0.2) is 47.5 Å². The van der Waals surface area contributed by atoms with Crippen LogP contribution in [-0.2, 0) is 0 Å². The maximum absolute atomic E-state index is 11.7. The molecular weight excluding hydrogens is 390 g/mol. The minimum Gasteiger partial charge on any atom is -0.0398 e. The van der Waals surface area contributed by atoms with E-state index in [2.05, 4.69) is 0 Å². The third kappa shape index (κ3) is 6.29. The predicted molar refractivity (Wildman–Crippen MR) is 128 cm³/mol. The number of hydrogen-bond acceptors (Lipinski definition) is 3. The van der Waals surface area contributed by atoms with Crippen LogP contribution in [0.2, 0.25) is 0 Å². The molecule has 0 amide bonds. The molecule has 0 saturated carbocycles. The van der Waals surface area contributed by atoms with Crippen molar-refractivity contribution in [1.82, 2.24) is 0 Å². The minimum absolute atomic E-state index is 0.135. The van der Waals surface area contributed by atoms with Crippen LogP contribution >= 0.6 is 0 Å². The second kappa shape index (κ2) is 8.47. The smallest absolute Gasteiger partial charge is 0.0398 e. The highest BCUT2D eigenvalue weighted by atomic mass is 16.3. The Morgan fingerprint density at radius 2 is 0.710 bits per heavy atom. The van der Waals surface area contributed by atoms with Gasteiger partial charge in [0.2, 0.25) is 33.2 Å². The fraction of sp³-hybridized carbons (Fsp3) is 0.920. The highest BCUT2D eigenvalue weighted by molar-refractivity contribution is 5.10. The molecule has 2 saturated heterocycles. The molecule has 0 radical (unpaired) electrons. The molecule has 2 fully saturated rings. The molecule has 0 aromatic carbocycles. The maximum Gasteiger partial charge on any atom is 0.224 e. The average Bonchev–Trinajstić information content (AvgIpc) is 2.92. The fourth-order valence-electron chi connectivity index (χ4n) is 4.90. The Morgan fingerprint density at radius 1 is 0.452 bits per heavy atom. The van der Waals surface area contributed by atoms with Crippen molar-refractivity contribution in [2.24, 2.45) is 0 Å². The zero-order valence-corrected chi connectivity index (χ0v) is 22.3. The molecule has 0 aromatic heterocycles. The van der Waals surface area contributed by atoms with Gasteiger partial charge in [0.05, 0.1) is 0 Å². The lowest BCUT2D eigenvalue weighted by atomic mass is 9.83. The average molecular weight is 439 g/mol. The Kier molecular flexibility index (Phi) is 7.54. The first-order valence-electron chi connectivity index (χ1n) is 11.7. The van der Waals surface area contributed by atoms with E-state index >= 15 is 0 Å². The molecule has 3 rings (SSSR count). The van der Waals surface area contributed by atoms with Gasteiger partial charge < -0.3 is 0 Å². The predicted octanol–water partition coefficient (Wildman–Crippen LogP) is 6.52. The van der Waals surface area contributed by atoms with Crippen LogP contribution < -0.4 is 0 Å². The Hall–Kier alpha value is -1.46. The standard InChI is InChI=1S/C9H18NO.C8H16NO.C8H14NO/c1-8(2)6-5-7-9(3,4)10(8)11;2*1-7(2)5-6-8(3,4)9(7)10/h5-7H2,1-4H3;5-6H2,1-4H3;5-6H,1-4H3/q3*+1. The van der Waals surface area contributed by atoms with E-state index in [0.29, 0.717) is 0 Å². The molecule has 0 aliphatic carbocycles. The largest absolute Gasteiger partial charge is 0.224 e. The van der Waals surface area contributed by atoms with Gasteiger partial charge in [-0.25, -0.2) is 0 Å². The van der Waals surface area contributed by atoms with Crippen molar-refractivity contribution in [3.8, 4) is 0 Å². The number of piperidine rings is 1. The number of hydrogen-bond donors (Lipinski definition) is 0. The van der Waals surface area contributed by atoms with Crippen molar-refractivity contribution in [1.29, 1.82) is 0 Å². The van der Waals surface area contributed by atoms with Gasteiger partial charge in [-0.05, 0) is 18.6 Å². The lowest BCUT2D eigenvalue weighted by molar-refractivity contribution is -0.692. The van der Waals surface area contributed by atoms with E-state index in [9.17, 15) is 14.7 Å². The van der Waals surface area contributed by atoms with E-state index < -0.39 is 0 Å². The summed E-state index contributed by atoms with van der Waals surface area (Å²) in [5.74, 6) is 0. The van der Waals surface area contributed by atoms with Gasteiger partial charge in [0.25, 0.3) is 0 Å². The van der Waals surface area contributed by atoms with Gasteiger partial charge in [-0.3, -0.25) is 0 Å². The van der Waals surface area contributed by atoms with Gasteiger partial charge >= 0.3 is 0 Å². The molecule has 3 aliphatic rings. The summed E-state index contributed by atoms with van der Waals surface area (Å²) in [6.45, 7) is 23.8. The topological polar surface area (TPSA) is 60.2 Å². The Labute approximate surface area is 190 Å². The van der Waals surface area contributed by atoms with Crippen LogP contribution in [0.15, 0.2) is 12.2 Å². The second-order valence-corrected chi connectivity index (χ2v) is 13.1. The fourth-order valence-corrected chi connectivity index (χ4v) is 4.90. The summed E-state index contributed by atoms with van der Waals surface area (Å²) in [4.78, 5) is 34.6. The minimum atomic E-state index is -0.316. The SMILES string of the molecule is CC1(C)C=CC(C)(C)[N+]1=O.CC1(C)CCC(C)(C)[N+]1=O.CC1(C)CCCC(C)(C)[N+]1=O. The molecule has 178 valence electrons. The van der Waals surface area contributed by atoms with E-state index in [1.807, 2.05) is 95.2 Å². The van der Waals surface area contributed by atoms with Crippen LogP contribution in [0.25, 0.3) is 0 Å². The number of rotatable bonds is 0. The third-order valence-electron chi connectivity index (χ3n) is 7.07. The summed E-state index contributed by atoms with van der Waals surface area (Å²) >= 11 is 0. The molecular formula is C25H48N3O3+3. The third-order valence-corrected chi connectivity index (χ3v) is 7.07. The van der Waals surface area contributed by atoms with Gasteiger partial charge in [-0.15, -0.1) is 0 Å². The summed E-state index contributed by atoms with van der Waals surface area (Å²) in [6.07, 6.45) is 9.19. The van der Waals surface area contributed by atoms with E-state index in [4.69, 9.17) is 0 Å². The van der Waals surface area contributed by atoms with Crippen molar-refractivity contribution in [3.63, 3.8) is 0 Å². The summed E-state index contributed by atoms with van der Waals surface area (Å²) < 4.78 is 3.63. The van der Waals surface area contributed by atoms with Crippen LogP contribution in [0.4, 0.5) is 0 Å². The van der Waals surface area contributed by atoms with Crippen molar-refractivity contribution in [2.75, 3.05) is 0 Å². The Balaban J connectivity index is 0.000000233. The number of nitroso groups, excluding NO2 is 3. The zero-order chi connectivity index (χ0) is 24.7. The van der Waals surface area contributed by atoms with Crippen LogP contribution in [0.5, 0.6) is 0 Å². The molecule has 0 spiro atoms. The van der Waals surface area contributed by atoms with E-state index in [1.165, 1.54) is 15.9 Å². The summed E-state index contributed by atoms with van der Waals surface area (Å²) in [6, 6.07) is 0. The van der Waals surface area contributed by atoms with Crippen molar-refractivity contribution < 1.29 is 14.3 Å². The van der Waals surface area contributed by atoms with E-state index in [0.717, 1.165) is 30.4 Å². The quantitative estimate of drug-likeness (QED) is 0.320. The van der Waals surface area contributed by atoms with Gasteiger partial charge in [-0.2, -0.15) is 0 Å². The number of nitrogens with zero attached hydrogens (tertiary/aromatic N) is 3. The summed E-state index contributed by atoms with van der Waals surface area (Å²) in [5.41, 5.74) is -1.20. The molecule has 3 aliphatic heterocycles. The Morgan fingerprint density at radius 3 is 0.871 bits per heavy atom. The second-order valence-electron chi connectivity index (χ2n) is 13.1. The first-order chi connectivity index (χ1) is 13.6. The normalized spacial score (nSPS) is 28.3. The highest BCUT2D eigenvalue weighted by Gasteiger charge is 2.54. The van der Waals surface area contributed by atoms with Crippen molar-refractivity contribution in [3.05, 3.63) is 26.9 Å². The van der Waals surface area contributed by atoms with E-state index in [-0.39, 0.29) is 33.2 Å². The molecule has 0 unspecified atom stereocenters. The first-order valence-corrected chi connectivity index (χ1v) is 11.7. The highest BCUT2D eigenvalue weighted by Crippen LogP contribution is 2.36. The van der Waals surface area contributed by atoms with Crippen LogP contribution in [0.1, 0.15) is 115 Å². The Bertz CT molecular complexity index is 698. The molecule has 0 bridgehead atoms. The van der Waals surface area contributed by atoms with Gasteiger partial charge in [0.15, 0.2) is 0 Å². The van der Waals surface area contributed by atoms with E-state index in [1.54, 1.807) is 0 Å². The lowest BCUT2D eigenvalue weighted by Crippen LogP contribution is -2.50. The molecule has 31 heavy (non-hydrogen) atoms. The lowest BCUT2D eigenvalue weighted by Gasteiger charge is -2.31. The van der Waals surface area contributed by atoms with Crippen LogP contribution in [0, 0.1) is 14.7 Å². The van der Waals surface area contributed by atoms with Gasteiger partial charge in [-0.1, -0.05) is 0 Å². The zero-order valence-electron chi connectivity index (χ0n) is 22.3. The molecule has 3 heterocycles. The molecule has 6 heteroatoms.